The van der Waals surface area contributed by atoms with Gasteiger partial charge < -0.3 is 15.4 Å². The van der Waals surface area contributed by atoms with Crippen LogP contribution in [0.2, 0.25) is 0 Å². The van der Waals surface area contributed by atoms with Crippen molar-refractivity contribution in [2.75, 3.05) is 26.2 Å². The number of aryl methyl sites for hydroxylation is 2. The summed E-state index contributed by atoms with van der Waals surface area (Å²) in [7, 11) is 1.92. The van der Waals surface area contributed by atoms with Crippen molar-refractivity contribution in [1.82, 2.24) is 14.7 Å². The quantitative estimate of drug-likeness (QED) is 0.817. The molecule has 2 aromatic rings. The molecule has 24 heavy (non-hydrogen) atoms. The van der Waals surface area contributed by atoms with E-state index in [1.807, 2.05) is 29.6 Å². The van der Waals surface area contributed by atoms with E-state index in [9.17, 15) is 4.79 Å². The molecule has 1 aliphatic heterocycles. The smallest absolute Gasteiger partial charge is 0.264 e. The Labute approximate surface area is 152 Å². The lowest BCUT2D eigenvalue weighted by atomic mass is 10.1. The Morgan fingerprint density at radius 2 is 2.17 bits per heavy atom. The normalized spacial score (nSPS) is 15.7. The van der Waals surface area contributed by atoms with E-state index in [0.29, 0.717) is 6.54 Å². The van der Waals surface area contributed by atoms with Crippen molar-refractivity contribution in [2.45, 2.75) is 32.3 Å². The lowest BCUT2D eigenvalue weighted by molar-refractivity contribution is 0.00858. The van der Waals surface area contributed by atoms with Crippen LogP contribution < -0.4 is 5.73 Å². The van der Waals surface area contributed by atoms with Gasteiger partial charge in [-0.3, -0.25) is 9.48 Å². The number of carbonyl (C=O) groups excluding carboxylic acids is 1. The number of piperidine rings is 1. The molecule has 0 aromatic carbocycles. The molecule has 0 aliphatic carbocycles. The van der Waals surface area contributed by atoms with Crippen molar-refractivity contribution in [1.29, 1.82) is 0 Å². The number of thiophene rings is 1. The van der Waals surface area contributed by atoms with Crippen LogP contribution in [-0.2, 0) is 11.8 Å². The summed E-state index contributed by atoms with van der Waals surface area (Å²) in [5.41, 5.74) is 6.45. The number of carbonyl (C=O) groups is 1. The highest BCUT2D eigenvalue weighted by atomic mass is 35.5. The highest BCUT2D eigenvalue weighted by Gasteiger charge is 2.25. The van der Waals surface area contributed by atoms with E-state index in [-0.39, 0.29) is 24.4 Å². The van der Waals surface area contributed by atoms with Crippen molar-refractivity contribution < 1.29 is 9.53 Å². The largest absolute Gasteiger partial charge is 0.378 e. The number of amides is 1. The van der Waals surface area contributed by atoms with Gasteiger partial charge >= 0.3 is 0 Å². The second kappa shape index (κ2) is 8.29. The van der Waals surface area contributed by atoms with E-state index in [4.69, 9.17) is 10.5 Å². The van der Waals surface area contributed by atoms with Gasteiger partial charge in [0.05, 0.1) is 16.7 Å². The third kappa shape index (κ3) is 3.91. The first-order valence-corrected chi connectivity index (χ1v) is 8.96. The van der Waals surface area contributed by atoms with Gasteiger partial charge in [-0.15, -0.1) is 23.7 Å². The molecule has 1 saturated heterocycles. The second-order valence-corrected chi connectivity index (χ2v) is 7.07. The SMILES string of the molecule is Cc1nn(C)c2sc(C(=O)N3CCC(OCCCN)CC3)cc12.Cl. The Hall–Kier alpha value is -1.15. The molecule has 3 heterocycles. The van der Waals surface area contributed by atoms with E-state index in [1.54, 1.807) is 0 Å². The van der Waals surface area contributed by atoms with Crippen molar-refractivity contribution in [2.24, 2.45) is 12.8 Å². The maximum atomic E-state index is 12.7. The number of likely N-dealkylation sites (tertiary alicyclic amines) is 1. The topological polar surface area (TPSA) is 73.4 Å². The molecule has 8 heteroatoms. The summed E-state index contributed by atoms with van der Waals surface area (Å²) in [4.78, 5) is 16.5. The Morgan fingerprint density at radius 1 is 1.46 bits per heavy atom. The van der Waals surface area contributed by atoms with Crippen LogP contribution >= 0.6 is 23.7 Å². The number of rotatable bonds is 5. The van der Waals surface area contributed by atoms with E-state index in [2.05, 4.69) is 5.10 Å². The third-order valence-corrected chi connectivity index (χ3v) is 5.53. The van der Waals surface area contributed by atoms with Gasteiger partial charge in [0.25, 0.3) is 5.91 Å². The van der Waals surface area contributed by atoms with Crippen molar-refractivity contribution in [3.63, 3.8) is 0 Å². The molecule has 6 nitrogen and oxygen atoms in total. The van der Waals surface area contributed by atoms with Gasteiger partial charge in [-0.1, -0.05) is 0 Å². The predicted molar refractivity (Wildman–Crippen MR) is 99.1 cm³/mol. The monoisotopic (exact) mass is 372 g/mol. The Morgan fingerprint density at radius 3 is 2.79 bits per heavy atom. The lowest BCUT2D eigenvalue weighted by Crippen LogP contribution is -2.40. The number of fused-ring (bicyclic) bond motifs is 1. The Bertz CT molecular complexity index is 657. The lowest BCUT2D eigenvalue weighted by Gasteiger charge is -2.31. The number of nitrogens with two attached hydrogens (primary N) is 1. The van der Waals surface area contributed by atoms with Crippen LogP contribution in [0.5, 0.6) is 0 Å². The zero-order chi connectivity index (χ0) is 16.4. The van der Waals surface area contributed by atoms with Crippen molar-refractivity contribution in [3.8, 4) is 0 Å². The average molecular weight is 373 g/mol. The van der Waals surface area contributed by atoms with E-state index in [0.717, 1.165) is 59.7 Å². The number of aromatic nitrogens is 2. The van der Waals surface area contributed by atoms with Gasteiger partial charge in [0.15, 0.2) is 0 Å². The van der Waals surface area contributed by atoms with Gasteiger partial charge in [0.1, 0.15) is 4.83 Å². The zero-order valence-corrected chi connectivity index (χ0v) is 15.8. The minimum Gasteiger partial charge on any atom is -0.378 e. The first kappa shape index (κ1) is 19.2. The number of hydrogen-bond donors (Lipinski definition) is 1. The fourth-order valence-electron chi connectivity index (χ4n) is 3.03. The highest BCUT2D eigenvalue weighted by molar-refractivity contribution is 7.20. The molecular formula is C16H25ClN4O2S. The highest BCUT2D eigenvalue weighted by Crippen LogP contribution is 2.29. The number of hydrogen-bond acceptors (Lipinski definition) is 5. The molecule has 1 amide bonds. The standard InChI is InChI=1S/C16H24N4O2S.ClH/c1-11-13-10-14(23-16(13)19(2)18-11)15(21)20-7-4-12(5-8-20)22-9-3-6-17;/h10,12H,3-9,17H2,1-2H3;1H. The molecule has 2 aromatic heterocycles. The Balaban J connectivity index is 0.00000208. The van der Waals surface area contributed by atoms with Crippen LogP contribution in [0.4, 0.5) is 0 Å². The minimum atomic E-state index is 0. The van der Waals surface area contributed by atoms with Gasteiger partial charge in [0, 0.05) is 32.1 Å². The van der Waals surface area contributed by atoms with E-state index in [1.165, 1.54) is 11.3 Å². The zero-order valence-electron chi connectivity index (χ0n) is 14.2. The van der Waals surface area contributed by atoms with Crippen LogP contribution in [0.15, 0.2) is 6.07 Å². The van der Waals surface area contributed by atoms with Gasteiger partial charge in [-0.05, 0) is 38.8 Å². The molecule has 1 fully saturated rings. The molecule has 1 aliphatic rings. The Kier molecular flexibility index (Phi) is 6.62. The summed E-state index contributed by atoms with van der Waals surface area (Å²) in [6.07, 6.45) is 2.97. The molecule has 0 saturated carbocycles. The maximum Gasteiger partial charge on any atom is 0.264 e. The molecule has 0 radical (unpaired) electrons. The summed E-state index contributed by atoms with van der Waals surface area (Å²) in [5, 5.41) is 5.47. The van der Waals surface area contributed by atoms with Crippen molar-refractivity contribution >= 4 is 39.9 Å². The first-order valence-electron chi connectivity index (χ1n) is 8.14. The average Bonchev–Trinajstić information content (AvgIpc) is 3.10. The number of nitrogens with zero attached hydrogens (tertiary/aromatic N) is 3. The van der Waals surface area contributed by atoms with Crippen LogP contribution in [0.25, 0.3) is 10.2 Å². The molecule has 0 atom stereocenters. The summed E-state index contributed by atoms with van der Waals surface area (Å²) in [5.74, 6) is 0.131. The molecule has 0 spiro atoms. The fourth-order valence-corrected chi connectivity index (χ4v) is 4.12. The summed E-state index contributed by atoms with van der Waals surface area (Å²) >= 11 is 1.53. The predicted octanol–water partition coefficient (Wildman–Crippen LogP) is 2.34. The summed E-state index contributed by atoms with van der Waals surface area (Å²) in [6, 6.07) is 1.98. The van der Waals surface area contributed by atoms with Crippen LogP contribution in [0.1, 0.15) is 34.6 Å². The molecule has 3 rings (SSSR count). The summed E-state index contributed by atoms with van der Waals surface area (Å²) in [6.45, 7) is 4.89. The minimum absolute atomic E-state index is 0. The van der Waals surface area contributed by atoms with E-state index >= 15 is 0 Å². The van der Waals surface area contributed by atoms with Crippen LogP contribution in [0, 0.1) is 6.92 Å². The van der Waals surface area contributed by atoms with Crippen LogP contribution in [0.3, 0.4) is 0 Å². The van der Waals surface area contributed by atoms with E-state index < -0.39 is 0 Å². The van der Waals surface area contributed by atoms with Crippen molar-refractivity contribution in [3.05, 3.63) is 16.6 Å². The fraction of sp³-hybridized carbons (Fsp3) is 0.625. The maximum absolute atomic E-state index is 12.7. The molecular weight excluding hydrogens is 348 g/mol. The molecule has 2 N–H and O–H groups in total. The first-order chi connectivity index (χ1) is 11.1. The molecule has 0 bridgehead atoms. The van der Waals surface area contributed by atoms with Gasteiger partial charge in [-0.25, -0.2) is 0 Å². The summed E-state index contributed by atoms with van der Waals surface area (Å²) < 4.78 is 7.65. The van der Waals surface area contributed by atoms with Gasteiger partial charge in [0.2, 0.25) is 0 Å². The number of ether oxygens (including phenoxy) is 1. The van der Waals surface area contributed by atoms with Crippen LogP contribution in [-0.4, -0.2) is 52.9 Å². The second-order valence-electron chi connectivity index (χ2n) is 6.04. The van der Waals surface area contributed by atoms with Gasteiger partial charge in [-0.2, -0.15) is 5.10 Å². The number of halogens is 1. The third-order valence-electron chi connectivity index (χ3n) is 4.34. The molecule has 134 valence electrons. The molecule has 0 unspecified atom stereocenters.